The van der Waals surface area contributed by atoms with Crippen molar-refractivity contribution >= 4 is 33.3 Å². The Morgan fingerprint density at radius 2 is 1.56 bits per heavy atom. The van der Waals surface area contributed by atoms with E-state index in [-0.39, 0.29) is 22.8 Å². The van der Waals surface area contributed by atoms with Gasteiger partial charge in [-0.3, -0.25) is 5.41 Å². The van der Waals surface area contributed by atoms with E-state index in [4.69, 9.17) is 11.1 Å². The molecular weight excluding hydrogens is 471 g/mol. The highest BCUT2D eigenvalue weighted by atomic mass is 32.2. The maximum Gasteiger partial charge on any atom is 0.416 e. The molecule has 0 aliphatic rings. The Kier molecular flexibility index (Phi) is 7.23. The van der Waals surface area contributed by atoms with Crippen LogP contribution in [-0.2, 0) is 22.7 Å². The summed E-state index contributed by atoms with van der Waals surface area (Å²) in [6.07, 6.45) is -4.53. The lowest BCUT2D eigenvalue weighted by Crippen LogP contribution is -2.23. The number of benzene rings is 3. The van der Waals surface area contributed by atoms with Crippen molar-refractivity contribution in [3.05, 3.63) is 89.5 Å². The third kappa shape index (κ3) is 6.56. The predicted octanol–water partition coefficient (Wildman–Crippen LogP) is 4.11. The Morgan fingerprint density at radius 1 is 0.912 bits per heavy atom. The molecule has 6 N–H and O–H groups in total. The first-order chi connectivity index (χ1) is 15.9. The molecule has 0 aliphatic heterocycles. The number of amides is 2. The van der Waals surface area contributed by atoms with Gasteiger partial charge in [0, 0.05) is 23.5 Å². The van der Waals surface area contributed by atoms with E-state index in [1.165, 1.54) is 42.5 Å². The van der Waals surface area contributed by atoms with Crippen LogP contribution in [0.2, 0.25) is 0 Å². The molecule has 3 aromatic rings. The van der Waals surface area contributed by atoms with Gasteiger partial charge in [-0.05, 0) is 48.0 Å². The minimum absolute atomic E-state index is 0.125. The molecule has 0 aliphatic carbocycles. The van der Waals surface area contributed by atoms with Gasteiger partial charge >= 0.3 is 12.2 Å². The lowest BCUT2D eigenvalue weighted by molar-refractivity contribution is -0.137. The lowest BCUT2D eigenvalue weighted by atomic mass is 10.1. The van der Waals surface area contributed by atoms with Gasteiger partial charge in [-0.15, -0.1) is 0 Å². The first-order valence-corrected chi connectivity index (χ1v) is 11.2. The van der Waals surface area contributed by atoms with Gasteiger partial charge in [0.15, 0.2) is 0 Å². The third-order valence-electron chi connectivity index (χ3n) is 4.57. The largest absolute Gasteiger partial charge is 0.416 e. The number of nitrogen functional groups attached to an aromatic ring is 1. The van der Waals surface area contributed by atoms with Crippen LogP contribution >= 0.6 is 0 Å². The number of urea groups is 1. The summed E-state index contributed by atoms with van der Waals surface area (Å²) < 4.78 is 65.7. The fourth-order valence-corrected chi connectivity index (χ4v) is 3.91. The monoisotopic (exact) mass is 491 g/mol. The average Bonchev–Trinajstić information content (AvgIpc) is 2.78. The summed E-state index contributed by atoms with van der Waals surface area (Å²) in [7, 11) is -4.01. The van der Waals surface area contributed by atoms with Crippen molar-refractivity contribution < 1.29 is 26.4 Å². The van der Waals surface area contributed by atoms with Crippen LogP contribution in [0.25, 0.3) is 0 Å². The van der Waals surface area contributed by atoms with Gasteiger partial charge in [0.05, 0.1) is 10.5 Å². The number of anilines is 2. The molecule has 34 heavy (non-hydrogen) atoms. The molecule has 0 saturated carbocycles. The molecule has 3 rings (SSSR count). The Morgan fingerprint density at radius 3 is 2.21 bits per heavy atom. The zero-order valence-corrected chi connectivity index (χ0v) is 18.3. The SMILES string of the molecule is N=C(N)c1cccc(NC(=O)Nc2ccc(S(=O)(=O)NCc3cccc(C(F)(F)F)c3)cc2)c1. The highest BCUT2D eigenvalue weighted by Gasteiger charge is 2.30. The number of carbonyl (C=O) groups excluding carboxylic acids is 1. The Labute approximate surface area is 193 Å². The number of alkyl halides is 3. The number of sulfonamides is 1. The summed E-state index contributed by atoms with van der Waals surface area (Å²) >= 11 is 0. The number of amidine groups is 1. The van der Waals surface area contributed by atoms with E-state index >= 15 is 0 Å². The van der Waals surface area contributed by atoms with Crippen molar-refractivity contribution in [2.45, 2.75) is 17.6 Å². The number of hydrogen-bond acceptors (Lipinski definition) is 4. The number of halogens is 3. The third-order valence-corrected chi connectivity index (χ3v) is 5.99. The van der Waals surface area contributed by atoms with Crippen molar-refractivity contribution in [1.82, 2.24) is 4.72 Å². The molecule has 2 amide bonds. The van der Waals surface area contributed by atoms with E-state index < -0.39 is 27.8 Å². The summed E-state index contributed by atoms with van der Waals surface area (Å²) in [4.78, 5) is 12.1. The van der Waals surface area contributed by atoms with Crippen LogP contribution in [0.15, 0.2) is 77.7 Å². The van der Waals surface area contributed by atoms with Crippen LogP contribution in [0, 0.1) is 5.41 Å². The van der Waals surface area contributed by atoms with Crippen molar-refractivity contribution in [2.75, 3.05) is 10.6 Å². The molecule has 0 fully saturated rings. The average molecular weight is 491 g/mol. The maximum atomic E-state index is 12.8. The van der Waals surface area contributed by atoms with Crippen LogP contribution < -0.4 is 21.1 Å². The molecule has 8 nitrogen and oxygen atoms in total. The first kappa shape index (κ1) is 24.7. The Balaban J connectivity index is 1.61. The summed E-state index contributed by atoms with van der Waals surface area (Å²) in [5.41, 5.74) is 5.85. The van der Waals surface area contributed by atoms with E-state index in [1.807, 2.05) is 0 Å². The molecule has 0 unspecified atom stereocenters. The molecule has 0 bridgehead atoms. The summed E-state index contributed by atoms with van der Waals surface area (Å²) in [6, 6.07) is 15.4. The van der Waals surface area contributed by atoms with E-state index in [0.717, 1.165) is 12.1 Å². The van der Waals surface area contributed by atoms with Crippen LogP contribution in [0.4, 0.5) is 29.3 Å². The maximum absolute atomic E-state index is 12.8. The van der Waals surface area contributed by atoms with E-state index in [2.05, 4.69) is 15.4 Å². The van der Waals surface area contributed by atoms with Crippen molar-refractivity contribution in [2.24, 2.45) is 5.73 Å². The van der Waals surface area contributed by atoms with Gasteiger partial charge < -0.3 is 16.4 Å². The van der Waals surface area contributed by atoms with Crippen LogP contribution in [0.5, 0.6) is 0 Å². The fourth-order valence-electron chi connectivity index (χ4n) is 2.89. The van der Waals surface area contributed by atoms with Gasteiger partial charge in [0.25, 0.3) is 0 Å². The summed E-state index contributed by atoms with van der Waals surface area (Å²) in [5, 5.41) is 12.5. The highest BCUT2D eigenvalue weighted by molar-refractivity contribution is 7.89. The standard InChI is InChI=1S/C22H20F3N5O3S/c23-22(24,25)16-5-1-3-14(11-16)13-28-34(32,33)19-9-7-17(8-10-19)29-21(31)30-18-6-2-4-15(12-18)20(26)27/h1-12,28H,13H2,(H3,26,27)(H2,29,30,31). The number of hydrogen-bond donors (Lipinski definition) is 5. The van der Waals surface area contributed by atoms with Gasteiger partial charge in [-0.1, -0.05) is 30.3 Å². The first-order valence-electron chi connectivity index (χ1n) is 9.72. The summed E-state index contributed by atoms with van der Waals surface area (Å²) in [6.45, 7) is -0.325. The topological polar surface area (TPSA) is 137 Å². The molecule has 0 radical (unpaired) electrons. The van der Waals surface area contributed by atoms with E-state index in [1.54, 1.807) is 18.2 Å². The molecule has 12 heteroatoms. The zero-order chi connectivity index (χ0) is 24.9. The molecule has 0 atom stereocenters. The second-order valence-electron chi connectivity index (χ2n) is 7.12. The Bertz CT molecular complexity index is 1310. The number of nitrogens with two attached hydrogens (primary N) is 1. The molecule has 0 heterocycles. The molecule has 0 saturated heterocycles. The van der Waals surface area contributed by atoms with Gasteiger partial charge in [-0.2, -0.15) is 13.2 Å². The smallest absolute Gasteiger partial charge is 0.384 e. The van der Waals surface area contributed by atoms with Crippen molar-refractivity contribution in [3.63, 3.8) is 0 Å². The molecular formula is C22H20F3N5O3S. The number of rotatable bonds is 7. The molecule has 178 valence electrons. The minimum Gasteiger partial charge on any atom is -0.384 e. The van der Waals surface area contributed by atoms with Gasteiger partial charge in [-0.25, -0.2) is 17.9 Å². The number of nitrogens with one attached hydrogen (secondary N) is 4. The number of carbonyl (C=O) groups is 1. The van der Waals surface area contributed by atoms with Crippen molar-refractivity contribution in [3.8, 4) is 0 Å². The highest BCUT2D eigenvalue weighted by Crippen LogP contribution is 2.29. The van der Waals surface area contributed by atoms with Crippen LogP contribution in [0.3, 0.4) is 0 Å². The zero-order valence-electron chi connectivity index (χ0n) is 17.5. The van der Waals surface area contributed by atoms with Crippen molar-refractivity contribution in [1.29, 1.82) is 5.41 Å². The minimum atomic E-state index is -4.53. The normalized spacial score (nSPS) is 11.6. The second-order valence-corrected chi connectivity index (χ2v) is 8.89. The quantitative estimate of drug-likeness (QED) is 0.251. The molecule has 0 aromatic heterocycles. The lowest BCUT2D eigenvalue weighted by Gasteiger charge is -2.11. The van der Waals surface area contributed by atoms with Crippen LogP contribution in [0.1, 0.15) is 16.7 Å². The van der Waals surface area contributed by atoms with E-state index in [9.17, 15) is 26.4 Å². The second kappa shape index (κ2) is 9.93. The van der Waals surface area contributed by atoms with Gasteiger partial charge in [0.2, 0.25) is 10.0 Å². The fraction of sp³-hybridized carbons (Fsp3) is 0.0909. The van der Waals surface area contributed by atoms with Gasteiger partial charge in [0.1, 0.15) is 5.84 Å². The van der Waals surface area contributed by atoms with E-state index in [0.29, 0.717) is 16.9 Å². The summed E-state index contributed by atoms with van der Waals surface area (Å²) in [5.74, 6) is -0.150. The van der Waals surface area contributed by atoms with Crippen LogP contribution in [-0.4, -0.2) is 20.3 Å². The Hall–Kier alpha value is -3.90. The molecule has 3 aromatic carbocycles. The predicted molar refractivity (Wildman–Crippen MR) is 122 cm³/mol. The molecule has 0 spiro atoms.